The molecular formula is C15H12F3N3OS. The number of nitrogens with one attached hydrogen (secondary N) is 1. The maximum Gasteiger partial charge on any atom is 0.407 e. The number of nitrogens with zero attached hydrogens (tertiary/aromatic N) is 2. The summed E-state index contributed by atoms with van der Waals surface area (Å²) in [5.74, 6) is -0.316. The number of hydrogen-bond donors (Lipinski definition) is 1. The molecule has 8 heteroatoms. The third kappa shape index (κ3) is 2.45. The van der Waals surface area contributed by atoms with Crippen molar-refractivity contribution in [2.45, 2.75) is 37.4 Å². The molecule has 1 amide bonds. The Morgan fingerprint density at radius 1 is 1.30 bits per heavy atom. The Labute approximate surface area is 136 Å². The van der Waals surface area contributed by atoms with Crippen molar-refractivity contribution in [2.24, 2.45) is 0 Å². The van der Waals surface area contributed by atoms with Crippen molar-refractivity contribution in [2.75, 3.05) is 4.90 Å². The Morgan fingerprint density at radius 3 is 2.52 bits per heavy atom. The smallest absolute Gasteiger partial charge is 0.348 e. The van der Waals surface area contributed by atoms with Gasteiger partial charge in [0, 0.05) is 5.69 Å². The number of carbonyl (C=O) groups excluding carboxylic acids is 1. The summed E-state index contributed by atoms with van der Waals surface area (Å²) >= 11 is 5.16. The van der Waals surface area contributed by atoms with E-state index >= 15 is 0 Å². The van der Waals surface area contributed by atoms with E-state index in [1.807, 2.05) is 0 Å². The molecule has 120 valence electrons. The van der Waals surface area contributed by atoms with Crippen molar-refractivity contribution in [3.8, 4) is 0 Å². The van der Waals surface area contributed by atoms with Gasteiger partial charge in [0.2, 0.25) is 0 Å². The molecular weight excluding hydrogens is 327 g/mol. The topological polar surface area (TPSA) is 36.7 Å². The van der Waals surface area contributed by atoms with Crippen molar-refractivity contribution < 1.29 is 18.0 Å². The predicted molar refractivity (Wildman–Crippen MR) is 82.1 cm³/mol. The molecule has 0 radical (unpaired) electrons. The molecule has 1 N–H and O–H groups in total. The molecule has 1 heterocycles. The summed E-state index contributed by atoms with van der Waals surface area (Å²) in [6, 6.07) is 3.20. The van der Waals surface area contributed by atoms with Crippen LogP contribution < -0.4 is 10.2 Å². The summed E-state index contributed by atoms with van der Waals surface area (Å²) < 4.78 is 39.3. The number of thiocarbonyl (C=S) groups is 1. The van der Waals surface area contributed by atoms with E-state index in [2.05, 4.69) is 10.2 Å². The molecule has 2 fully saturated rings. The van der Waals surface area contributed by atoms with Crippen LogP contribution in [-0.2, 0) is 11.0 Å². The average Bonchev–Trinajstić information content (AvgIpc) is 3.04. The van der Waals surface area contributed by atoms with Gasteiger partial charge in [0.1, 0.15) is 5.54 Å². The fourth-order valence-corrected chi connectivity index (χ4v) is 3.54. The molecule has 1 aromatic carbocycles. The second-order valence-corrected chi connectivity index (χ2v) is 6.06. The molecule has 1 aliphatic heterocycles. The Balaban J connectivity index is 2.04. The van der Waals surface area contributed by atoms with Gasteiger partial charge < -0.3 is 5.32 Å². The van der Waals surface area contributed by atoms with Gasteiger partial charge in [-0.3, -0.25) is 9.69 Å². The van der Waals surface area contributed by atoms with E-state index in [0.29, 0.717) is 12.8 Å². The summed E-state index contributed by atoms with van der Waals surface area (Å²) in [7, 11) is 0. The van der Waals surface area contributed by atoms with Crippen LogP contribution in [0.25, 0.3) is 4.85 Å². The van der Waals surface area contributed by atoms with Gasteiger partial charge in [-0.25, -0.2) is 4.85 Å². The van der Waals surface area contributed by atoms with Crippen molar-refractivity contribution in [3.05, 3.63) is 35.2 Å². The summed E-state index contributed by atoms with van der Waals surface area (Å²) in [5, 5.41) is 3.09. The lowest BCUT2D eigenvalue weighted by molar-refractivity contribution is -0.136. The van der Waals surface area contributed by atoms with E-state index in [1.54, 1.807) is 0 Å². The fraction of sp³-hybridized carbons (Fsp3) is 0.400. The fourth-order valence-electron chi connectivity index (χ4n) is 3.16. The highest BCUT2D eigenvalue weighted by Crippen LogP contribution is 2.41. The van der Waals surface area contributed by atoms with E-state index in [-0.39, 0.29) is 16.7 Å². The number of benzene rings is 1. The molecule has 1 aromatic rings. The lowest BCUT2D eigenvalue weighted by atomic mass is 9.98. The van der Waals surface area contributed by atoms with Gasteiger partial charge in [0.05, 0.1) is 12.1 Å². The van der Waals surface area contributed by atoms with E-state index in [0.717, 1.165) is 29.9 Å². The minimum Gasteiger partial charge on any atom is -0.348 e. The average molecular weight is 339 g/mol. The molecule has 23 heavy (non-hydrogen) atoms. The highest BCUT2D eigenvalue weighted by atomic mass is 32.1. The van der Waals surface area contributed by atoms with Gasteiger partial charge in [0.15, 0.2) is 10.8 Å². The Morgan fingerprint density at radius 2 is 1.96 bits per heavy atom. The van der Waals surface area contributed by atoms with Crippen LogP contribution in [0.2, 0.25) is 0 Å². The van der Waals surface area contributed by atoms with Crippen LogP contribution in [0, 0.1) is 6.57 Å². The van der Waals surface area contributed by atoms with Gasteiger partial charge in [-0.05, 0) is 37.2 Å². The summed E-state index contributed by atoms with van der Waals surface area (Å²) in [6.45, 7) is 6.86. The first-order valence-corrected chi connectivity index (χ1v) is 7.45. The monoisotopic (exact) mass is 339 g/mol. The molecule has 1 saturated heterocycles. The van der Waals surface area contributed by atoms with Gasteiger partial charge in [-0.1, -0.05) is 18.9 Å². The second-order valence-electron chi connectivity index (χ2n) is 5.67. The number of anilines is 1. The Kier molecular flexibility index (Phi) is 3.56. The first-order chi connectivity index (χ1) is 10.8. The molecule has 0 aromatic heterocycles. The molecule has 0 atom stereocenters. The zero-order chi connectivity index (χ0) is 16.8. The van der Waals surface area contributed by atoms with Crippen LogP contribution in [0.1, 0.15) is 31.2 Å². The molecule has 4 nitrogen and oxygen atoms in total. The maximum absolute atomic E-state index is 13.1. The van der Waals surface area contributed by atoms with Crippen LogP contribution in [-0.4, -0.2) is 16.6 Å². The largest absolute Gasteiger partial charge is 0.407 e. The summed E-state index contributed by atoms with van der Waals surface area (Å²) in [6.07, 6.45) is -1.68. The number of alkyl halides is 3. The van der Waals surface area contributed by atoms with Crippen molar-refractivity contribution >= 4 is 34.6 Å². The van der Waals surface area contributed by atoms with Gasteiger partial charge >= 0.3 is 6.18 Å². The SMILES string of the molecule is [C-]#[N+]c1ccc(N2C(=O)C3(CCCC3)NC2=S)cc1C(F)(F)F. The first-order valence-electron chi connectivity index (χ1n) is 7.04. The minimum atomic E-state index is -4.67. The quantitative estimate of drug-likeness (QED) is 0.625. The van der Waals surface area contributed by atoms with Crippen LogP contribution in [0.4, 0.5) is 24.5 Å². The molecule has 1 aliphatic carbocycles. The van der Waals surface area contributed by atoms with Crippen molar-refractivity contribution in [1.82, 2.24) is 5.32 Å². The van der Waals surface area contributed by atoms with Gasteiger partial charge in [-0.15, -0.1) is 0 Å². The summed E-state index contributed by atoms with van der Waals surface area (Å²) in [5.41, 5.74) is -2.31. The van der Waals surface area contributed by atoms with Gasteiger partial charge in [-0.2, -0.15) is 13.2 Å². The van der Waals surface area contributed by atoms with Crippen LogP contribution in [0.3, 0.4) is 0 Å². The summed E-state index contributed by atoms with van der Waals surface area (Å²) in [4.78, 5) is 16.7. The molecule has 0 bridgehead atoms. The highest BCUT2D eigenvalue weighted by Gasteiger charge is 2.51. The van der Waals surface area contributed by atoms with E-state index in [4.69, 9.17) is 18.8 Å². The van der Waals surface area contributed by atoms with Crippen LogP contribution in [0.5, 0.6) is 0 Å². The van der Waals surface area contributed by atoms with Crippen LogP contribution in [0.15, 0.2) is 18.2 Å². The number of rotatable bonds is 1. The number of amides is 1. The van der Waals surface area contributed by atoms with E-state index in [1.165, 1.54) is 6.07 Å². The van der Waals surface area contributed by atoms with Gasteiger partial charge in [0.25, 0.3) is 5.91 Å². The molecule has 1 saturated carbocycles. The van der Waals surface area contributed by atoms with E-state index < -0.39 is 23.0 Å². The maximum atomic E-state index is 13.1. The number of halogens is 3. The van der Waals surface area contributed by atoms with E-state index in [9.17, 15) is 18.0 Å². The standard InChI is InChI=1S/C15H12F3N3OS/c1-19-11-5-4-9(8-10(11)15(16,17)18)21-12(22)14(20-13(21)23)6-2-3-7-14/h4-5,8H,2-3,6-7H2,(H,20,23). The molecule has 0 unspecified atom stereocenters. The zero-order valence-corrected chi connectivity index (χ0v) is 12.7. The third-order valence-corrected chi connectivity index (χ3v) is 4.57. The van der Waals surface area contributed by atoms with Crippen LogP contribution >= 0.6 is 12.2 Å². The second kappa shape index (κ2) is 5.20. The normalized spacial score (nSPS) is 20.0. The molecule has 2 aliphatic rings. The predicted octanol–water partition coefficient (Wildman–Crippen LogP) is 3.79. The highest BCUT2D eigenvalue weighted by molar-refractivity contribution is 7.80. The third-order valence-electron chi connectivity index (χ3n) is 4.28. The Hall–Kier alpha value is -2.14. The zero-order valence-electron chi connectivity index (χ0n) is 11.9. The molecule has 3 rings (SSSR count). The van der Waals surface area contributed by atoms with Crippen molar-refractivity contribution in [3.63, 3.8) is 0 Å². The Bertz CT molecular complexity index is 732. The number of carbonyl (C=O) groups is 1. The lowest BCUT2D eigenvalue weighted by Gasteiger charge is -2.21. The lowest BCUT2D eigenvalue weighted by Crippen LogP contribution is -2.44. The van der Waals surface area contributed by atoms with Crippen molar-refractivity contribution in [1.29, 1.82) is 0 Å². The molecule has 1 spiro atoms. The minimum absolute atomic E-state index is 0.0380. The number of hydrogen-bond acceptors (Lipinski definition) is 2. The first kappa shape index (κ1) is 15.7.